The van der Waals surface area contributed by atoms with Crippen LogP contribution in [0.3, 0.4) is 0 Å². The molecule has 1 rings (SSSR count). The summed E-state index contributed by atoms with van der Waals surface area (Å²) in [6.45, 7) is 0. The highest BCUT2D eigenvalue weighted by molar-refractivity contribution is 6.78. The number of hydrogen-bond donors (Lipinski definition) is 0. The zero-order valence-corrected chi connectivity index (χ0v) is 12.9. The van der Waals surface area contributed by atoms with Gasteiger partial charge in [-0.1, -0.05) is 93.9 Å². The summed E-state index contributed by atoms with van der Waals surface area (Å²) in [4.78, 5) is 23.2. The van der Waals surface area contributed by atoms with Gasteiger partial charge in [-0.05, 0) is 0 Å². The van der Waals surface area contributed by atoms with Crippen molar-refractivity contribution in [2.45, 2.75) is 7.59 Å². The maximum Gasteiger partial charge on any atom is 0.253 e. The molecule has 0 aliphatic heterocycles. The van der Waals surface area contributed by atoms with Crippen molar-refractivity contribution in [1.82, 2.24) is 0 Å². The Morgan fingerprint density at radius 3 is 1.06 bits per heavy atom. The fourth-order valence-corrected chi connectivity index (χ4v) is 1.75. The largest absolute Gasteiger partial charge is 0.289 e. The molecule has 0 aliphatic rings. The van der Waals surface area contributed by atoms with Crippen molar-refractivity contribution in [1.29, 1.82) is 0 Å². The number of hydrogen-bond acceptors (Lipinski definition) is 2. The normalized spacial score (nSPS) is 12.3. The molecule has 1 aromatic carbocycles. The lowest BCUT2D eigenvalue weighted by atomic mass is 10.1. The predicted molar refractivity (Wildman–Crippen MR) is 75.7 cm³/mol. The molecule has 18 heavy (non-hydrogen) atoms. The van der Waals surface area contributed by atoms with Gasteiger partial charge < -0.3 is 0 Å². The van der Waals surface area contributed by atoms with Crippen molar-refractivity contribution in [3.63, 3.8) is 0 Å². The van der Waals surface area contributed by atoms with Crippen LogP contribution in [0.5, 0.6) is 0 Å². The molecule has 0 aromatic heterocycles. The van der Waals surface area contributed by atoms with Crippen molar-refractivity contribution >= 4 is 81.2 Å². The standard InChI is InChI=1S/C10H4Cl6O2/c11-9(12,13)7(17)5-1-2-6(4-3-5)8(18)10(14,15)16/h1-4H. The van der Waals surface area contributed by atoms with Crippen LogP contribution in [0.1, 0.15) is 20.7 Å². The Kier molecular flexibility index (Phi) is 5.21. The molecule has 0 unspecified atom stereocenters. The van der Waals surface area contributed by atoms with Gasteiger partial charge in [0.05, 0.1) is 0 Å². The lowest BCUT2D eigenvalue weighted by Gasteiger charge is -2.11. The van der Waals surface area contributed by atoms with Crippen LogP contribution >= 0.6 is 69.6 Å². The minimum atomic E-state index is -2.05. The molecule has 0 atom stereocenters. The number of ketones is 2. The van der Waals surface area contributed by atoms with Crippen LogP contribution in [0.4, 0.5) is 0 Å². The van der Waals surface area contributed by atoms with Gasteiger partial charge in [-0.25, -0.2) is 0 Å². The molecular formula is C10H4Cl6O2. The van der Waals surface area contributed by atoms with E-state index < -0.39 is 19.2 Å². The molecule has 0 amide bonds. The average molecular weight is 369 g/mol. The molecule has 0 fully saturated rings. The van der Waals surface area contributed by atoms with E-state index in [-0.39, 0.29) is 11.1 Å². The Hall–Kier alpha value is 0.300. The van der Waals surface area contributed by atoms with Crippen molar-refractivity contribution in [2.75, 3.05) is 0 Å². The first kappa shape index (κ1) is 16.4. The van der Waals surface area contributed by atoms with E-state index in [1.807, 2.05) is 0 Å². The second-order valence-electron chi connectivity index (χ2n) is 3.23. The molecule has 0 radical (unpaired) electrons. The van der Waals surface area contributed by atoms with Crippen LogP contribution in [0.25, 0.3) is 0 Å². The van der Waals surface area contributed by atoms with E-state index in [0.29, 0.717) is 0 Å². The molecule has 0 aliphatic carbocycles. The summed E-state index contributed by atoms with van der Waals surface area (Å²) in [5.41, 5.74) is 0.270. The van der Waals surface area contributed by atoms with Crippen molar-refractivity contribution < 1.29 is 9.59 Å². The minimum Gasteiger partial charge on any atom is -0.289 e. The number of rotatable bonds is 2. The first-order valence-corrected chi connectivity index (χ1v) is 6.63. The third kappa shape index (κ3) is 4.16. The molecule has 98 valence electrons. The average Bonchev–Trinajstić information content (AvgIpc) is 2.25. The summed E-state index contributed by atoms with van der Waals surface area (Å²) >= 11 is 32.7. The van der Waals surface area contributed by atoms with Crippen molar-refractivity contribution in [3.05, 3.63) is 35.4 Å². The number of alkyl halides is 6. The summed E-state index contributed by atoms with van der Waals surface area (Å²) in [5.74, 6) is -1.42. The number of Topliss-reactive ketones (excluding diaryl/α,β-unsaturated/α-hetero) is 2. The third-order valence-electron chi connectivity index (χ3n) is 1.92. The maximum atomic E-state index is 11.6. The molecule has 0 heterocycles. The van der Waals surface area contributed by atoms with Crippen LogP contribution < -0.4 is 0 Å². The van der Waals surface area contributed by atoms with Gasteiger partial charge in [0, 0.05) is 11.1 Å². The first-order valence-electron chi connectivity index (χ1n) is 4.36. The van der Waals surface area contributed by atoms with Gasteiger partial charge >= 0.3 is 0 Å². The minimum absolute atomic E-state index is 0.135. The Bertz CT molecular complexity index is 424. The Morgan fingerprint density at radius 2 is 0.889 bits per heavy atom. The van der Waals surface area contributed by atoms with Crippen LogP contribution in [-0.4, -0.2) is 19.2 Å². The lowest BCUT2D eigenvalue weighted by molar-refractivity contribution is 0.0985. The van der Waals surface area contributed by atoms with E-state index >= 15 is 0 Å². The second-order valence-corrected chi connectivity index (χ2v) is 7.79. The van der Waals surface area contributed by atoms with E-state index in [1.54, 1.807) is 0 Å². The molecule has 0 bridgehead atoms. The van der Waals surface area contributed by atoms with E-state index in [2.05, 4.69) is 0 Å². The molecular weight excluding hydrogens is 365 g/mol. The first-order chi connectivity index (χ1) is 8.03. The van der Waals surface area contributed by atoms with Crippen LogP contribution in [0, 0.1) is 0 Å². The molecule has 0 saturated heterocycles. The van der Waals surface area contributed by atoms with Gasteiger partial charge in [0.25, 0.3) is 7.59 Å². The highest BCUT2D eigenvalue weighted by atomic mass is 35.6. The van der Waals surface area contributed by atoms with E-state index in [0.717, 1.165) is 0 Å². The summed E-state index contributed by atoms with van der Waals surface area (Å²) in [5, 5.41) is 0. The zero-order valence-electron chi connectivity index (χ0n) is 8.39. The van der Waals surface area contributed by atoms with Gasteiger partial charge in [-0.3, -0.25) is 9.59 Å². The Balaban J connectivity index is 3.01. The maximum absolute atomic E-state index is 11.6. The van der Waals surface area contributed by atoms with Gasteiger partial charge in [0.15, 0.2) is 0 Å². The number of benzene rings is 1. The summed E-state index contributed by atoms with van der Waals surface area (Å²) in [6.07, 6.45) is 0. The quantitative estimate of drug-likeness (QED) is 0.555. The molecule has 1 aromatic rings. The molecule has 8 heteroatoms. The zero-order chi connectivity index (χ0) is 14.1. The molecule has 2 nitrogen and oxygen atoms in total. The summed E-state index contributed by atoms with van der Waals surface area (Å²) in [7, 11) is 0. The third-order valence-corrected chi connectivity index (χ3v) is 2.95. The van der Waals surface area contributed by atoms with Crippen molar-refractivity contribution in [2.24, 2.45) is 0 Å². The highest BCUT2D eigenvalue weighted by Gasteiger charge is 2.33. The summed E-state index contributed by atoms with van der Waals surface area (Å²) in [6, 6.07) is 5.25. The van der Waals surface area contributed by atoms with Gasteiger partial charge in [0.1, 0.15) is 0 Å². The number of halogens is 6. The van der Waals surface area contributed by atoms with Crippen LogP contribution in [0.2, 0.25) is 0 Å². The monoisotopic (exact) mass is 366 g/mol. The molecule has 0 N–H and O–H groups in total. The number of carbonyl (C=O) groups is 2. The predicted octanol–water partition coefficient (Wildman–Crippen LogP) is 4.79. The van der Waals surface area contributed by atoms with E-state index in [4.69, 9.17) is 69.6 Å². The fraction of sp³-hybridized carbons (Fsp3) is 0.200. The molecule has 0 saturated carbocycles. The SMILES string of the molecule is O=C(c1ccc(C(=O)C(Cl)(Cl)Cl)cc1)C(Cl)(Cl)Cl. The van der Waals surface area contributed by atoms with Gasteiger partial charge in [-0.2, -0.15) is 0 Å². The van der Waals surface area contributed by atoms with Gasteiger partial charge in [0.2, 0.25) is 11.6 Å². The highest BCUT2D eigenvalue weighted by Crippen LogP contribution is 2.32. The fourth-order valence-electron chi connectivity index (χ4n) is 1.10. The Labute approximate surface area is 133 Å². The van der Waals surface area contributed by atoms with E-state index in [1.165, 1.54) is 24.3 Å². The topological polar surface area (TPSA) is 34.1 Å². The van der Waals surface area contributed by atoms with Crippen LogP contribution in [0.15, 0.2) is 24.3 Å². The second kappa shape index (κ2) is 5.74. The Morgan fingerprint density at radius 1 is 0.667 bits per heavy atom. The smallest absolute Gasteiger partial charge is 0.253 e. The van der Waals surface area contributed by atoms with Crippen LogP contribution in [-0.2, 0) is 0 Å². The number of carbonyl (C=O) groups excluding carboxylic acids is 2. The van der Waals surface area contributed by atoms with Crippen molar-refractivity contribution in [3.8, 4) is 0 Å². The summed E-state index contributed by atoms with van der Waals surface area (Å²) < 4.78 is -4.11. The van der Waals surface area contributed by atoms with E-state index in [9.17, 15) is 9.59 Å². The lowest BCUT2D eigenvalue weighted by Crippen LogP contribution is -2.20. The molecule has 0 spiro atoms. The van der Waals surface area contributed by atoms with Gasteiger partial charge in [-0.15, -0.1) is 0 Å².